The Kier molecular flexibility index (Phi) is 2.69. The van der Waals surface area contributed by atoms with Gasteiger partial charge in [0.1, 0.15) is 0 Å². The lowest BCUT2D eigenvalue weighted by Gasteiger charge is -2.12. The summed E-state index contributed by atoms with van der Waals surface area (Å²) < 4.78 is 0. The Morgan fingerprint density at radius 3 is 2.50 bits per heavy atom. The molecule has 0 bridgehead atoms. The van der Waals surface area contributed by atoms with E-state index in [0.29, 0.717) is 6.54 Å². The van der Waals surface area contributed by atoms with Gasteiger partial charge in [-0.15, -0.1) is 0 Å². The predicted octanol–water partition coefficient (Wildman–Crippen LogP) is 1.52. The van der Waals surface area contributed by atoms with Gasteiger partial charge < -0.3 is 4.90 Å². The molecule has 0 aliphatic carbocycles. The van der Waals surface area contributed by atoms with Gasteiger partial charge in [-0.1, -0.05) is 30.3 Å². The lowest BCUT2D eigenvalue weighted by molar-refractivity contribution is 0.215. The Morgan fingerprint density at radius 1 is 1.42 bits per heavy atom. The maximum absolute atomic E-state index is 10.5. The molecule has 0 aliphatic rings. The van der Waals surface area contributed by atoms with E-state index in [1.807, 2.05) is 30.3 Å². The highest BCUT2D eigenvalue weighted by molar-refractivity contribution is 5.70. The Labute approximate surface area is 71.8 Å². The van der Waals surface area contributed by atoms with Crippen LogP contribution >= 0.6 is 0 Å². The molecule has 0 fully saturated rings. The molecule has 0 spiro atoms. The monoisotopic (exact) mass is 163 g/mol. The van der Waals surface area contributed by atoms with Crippen molar-refractivity contribution in [1.82, 2.24) is 10.6 Å². The number of hydrogen-bond acceptors (Lipinski definition) is 1. The van der Waals surface area contributed by atoms with Crippen molar-refractivity contribution in [2.75, 3.05) is 7.05 Å². The molecule has 0 unspecified atom stereocenters. The number of nitrogens with zero attached hydrogens (tertiary/aromatic N) is 1. The number of benzene rings is 1. The van der Waals surface area contributed by atoms with Crippen molar-refractivity contribution in [2.24, 2.45) is 0 Å². The second kappa shape index (κ2) is 3.76. The summed E-state index contributed by atoms with van der Waals surface area (Å²) in [5.74, 6) is 0. The van der Waals surface area contributed by atoms with Crippen LogP contribution in [0.25, 0.3) is 0 Å². The molecule has 1 aromatic rings. The fourth-order valence-electron chi connectivity index (χ4n) is 0.929. The van der Waals surface area contributed by atoms with Crippen molar-refractivity contribution in [2.45, 2.75) is 6.54 Å². The first-order chi connectivity index (χ1) is 5.70. The van der Waals surface area contributed by atoms with Gasteiger partial charge in [0.15, 0.2) is 0 Å². The second-order valence-corrected chi connectivity index (χ2v) is 2.65. The van der Waals surface area contributed by atoms with E-state index in [1.165, 1.54) is 4.90 Å². The lowest BCUT2D eigenvalue weighted by Crippen LogP contribution is -2.25. The quantitative estimate of drug-likeness (QED) is 0.651. The van der Waals surface area contributed by atoms with Crippen molar-refractivity contribution in [3.05, 3.63) is 35.9 Å². The number of carbonyl (C=O) groups excluding carboxylic acids is 1. The maximum Gasteiger partial charge on any atom is 0.336 e. The minimum atomic E-state index is -0.654. The highest BCUT2D eigenvalue weighted by Crippen LogP contribution is 2.01. The minimum absolute atomic E-state index is 0.503. The third kappa shape index (κ3) is 2.27. The van der Waals surface area contributed by atoms with E-state index in [2.05, 4.69) is 0 Å². The van der Waals surface area contributed by atoms with Crippen LogP contribution in [0.5, 0.6) is 0 Å². The third-order valence-electron chi connectivity index (χ3n) is 1.61. The summed E-state index contributed by atoms with van der Waals surface area (Å²) in [6, 6.07) is 8.96. The number of rotatable bonds is 2. The fourth-order valence-corrected chi connectivity index (χ4v) is 0.929. The van der Waals surface area contributed by atoms with Crippen LogP contribution in [0, 0.1) is 0 Å². The average Bonchev–Trinajstić information content (AvgIpc) is 2.06. The van der Waals surface area contributed by atoms with E-state index < -0.39 is 6.03 Å². The van der Waals surface area contributed by atoms with E-state index in [-0.39, 0.29) is 0 Å². The third-order valence-corrected chi connectivity index (χ3v) is 1.61. The summed E-state index contributed by atoms with van der Waals surface area (Å²) in [5, 5.41) is 0. The first-order valence-corrected chi connectivity index (χ1v) is 3.71. The summed E-state index contributed by atoms with van der Waals surface area (Å²) in [7, 11) is 1.61. The van der Waals surface area contributed by atoms with Crippen LogP contribution in [0.1, 0.15) is 5.56 Å². The number of hydrogen-bond donors (Lipinski definition) is 0. The summed E-state index contributed by atoms with van der Waals surface area (Å²) >= 11 is 0. The van der Waals surface area contributed by atoms with Crippen LogP contribution in [0.3, 0.4) is 0 Å². The first kappa shape index (κ1) is 8.59. The van der Waals surface area contributed by atoms with E-state index in [4.69, 9.17) is 5.73 Å². The summed E-state index contributed by atoms with van der Waals surface area (Å²) in [6.45, 7) is 0.503. The fraction of sp³-hybridized carbons (Fsp3) is 0.222. The normalized spacial score (nSPS) is 9.42. The maximum atomic E-state index is 10.5. The Morgan fingerprint density at radius 2 is 2.00 bits per heavy atom. The second-order valence-electron chi connectivity index (χ2n) is 2.65. The van der Waals surface area contributed by atoms with Crippen molar-refractivity contribution in [1.29, 1.82) is 0 Å². The SMILES string of the molecule is CN(Cc1ccccc1)C([NH])=O. The van der Waals surface area contributed by atoms with Crippen LogP contribution in [0.4, 0.5) is 4.79 Å². The van der Waals surface area contributed by atoms with Crippen LogP contribution in [-0.2, 0) is 6.54 Å². The molecule has 63 valence electrons. The predicted molar refractivity (Wildman–Crippen MR) is 46.4 cm³/mol. The van der Waals surface area contributed by atoms with Crippen molar-refractivity contribution >= 4 is 6.03 Å². The van der Waals surface area contributed by atoms with Crippen molar-refractivity contribution in [3.8, 4) is 0 Å². The largest absolute Gasteiger partial charge is 0.336 e. The van der Waals surface area contributed by atoms with Gasteiger partial charge in [0.05, 0.1) is 0 Å². The van der Waals surface area contributed by atoms with Gasteiger partial charge in [-0.25, -0.2) is 10.5 Å². The highest BCUT2D eigenvalue weighted by atomic mass is 16.2. The molecule has 3 heteroatoms. The molecule has 2 amide bonds. The average molecular weight is 163 g/mol. The van der Waals surface area contributed by atoms with E-state index in [0.717, 1.165) is 5.56 Å². The van der Waals surface area contributed by atoms with Gasteiger partial charge in [0.2, 0.25) is 0 Å². The zero-order chi connectivity index (χ0) is 8.97. The topological polar surface area (TPSA) is 44.1 Å². The molecule has 1 N–H and O–H groups in total. The smallest absolute Gasteiger partial charge is 0.322 e. The number of amides is 2. The first-order valence-electron chi connectivity index (χ1n) is 3.71. The Hall–Kier alpha value is -1.51. The summed E-state index contributed by atoms with van der Waals surface area (Å²) in [5.41, 5.74) is 7.86. The highest BCUT2D eigenvalue weighted by Gasteiger charge is 2.03. The Bertz CT molecular complexity index is 258. The van der Waals surface area contributed by atoms with Gasteiger partial charge >= 0.3 is 6.03 Å². The standard InChI is InChI=1S/C9H11N2O/c1-11(9(10)12)7-8-5-3-2-4-6-8/h2-6,10H,7H2,1H3. The zero-order valence-electron chi connectivity index (χ0n) is 6.95. The van der Waals surface area contributed by atoms with Crippen LogP contribution in [0.2, 0.25) is 0 Å². The zero-order valence-corrected chi connectivity index (χ0v) is 6.95. The van der Waals surface area contributed by atoms with Gasteiger partial charge in [0.25, 0.3) is 0 Å². The van der Waals surface area contributed by atoms with Gasteiger partial charge in [-0.3, -0.25) is 0 Å². The summed E-state index contributed by atoms with van der Waals surface area (Å²) in [6.07, 6.45) is 0. The number of carbonyl (C=O) groups is 1. The molecule has 1 aromatic carbocycles. The summed E-state index contributed by atoms with van der Waals surface area (Å²) in [4.78, 5) is 11.9. The molecular weight excluding hydrogens is 152 g/mol. The molecular formula is C9H11N2O. The van der Waals surface area contributed by atoms with Crippen molar-refractivity contribution < 1.29 is 4.79 Å². The van der Waals surface area contributed by atoms with E-state index in [9.17, 15) is 4.79 Å². The molecule has 0 saturated heterocycles. The van der Waals surface area contributed by atoms with E-state index in [1.54, 1.807) is 7.05 Å². The molecule has 0 heterocycles. The van der Waals surface area contributed by atoms with Crippen LogP contribution in [-0.4, -0.2) is 18.0 Å². The Balaban J connectivity index is 2.58. The van der Waals surface area contributed by atoms with E-state index >= 15 is 0 Å². The number of urea groups is 1. The molecule has 0 aliphatic heterocycles. The van der Waals surface area contributed by atoms with Gasteiger partial charge in [-0.2, -0.15) is 0 Å². The van der Waals surface area contributed by atoms with Crippen LogP contribution in [0.15, 0.2) is 30.3 Å². The van der Waals surface area contributed by atoms with Gasteiger partial charge in [-0.05, 0) is 5.56 Å². The molecule has 0 saturated carbocycles. The minimum Gasteiger partial charge on any atom is -0.322 e. The number of nitrogens with one attached hydrogen (secondary N) is 1. The van der Waals surface area contributed by atoms with Crippen molar-refractivity contribution in [3.63, 3.8) is 0 Å². The van der Waals surface area contributed by atoms with Gasteiger partial charge in [0, 0.05) is 13.6 Å². The molecule has 0 atom stereocenters. The molecule has 0 aromatic heterocycles. The molecule has 3 nitrogen and oxygen atoms in total. The molecule has 12 heavy (non-hydrogen) atoms. The molecule has 1 radical (unpaired) electrons. The molecule has 1 rings (SSSR count). The van der Waals surface area contributed by atoms with Crippen LogP contribution < -0.4 is 5.73 Å². The lowest BCUT2D eigenvalue weighted by atomic mass is 10.2.